The number of ether oxygens (including phenoxy) is 1. The molecule has 0 radical (unpaired) electrons. The van der Waals surface area contributed by atoms with Crippen LogP contribution in [0.1, 0.15) is 10.4 Å². The molecule has 0 fully saturated rings. The number of nitrogens with zero attached hydrogens (tertiary/aromatic N) is 2. The van der Waals surface area contributed by atoms with Gasteiger partial charge >= 0.3 is 5.97 Å². The maximum Gasteiger partial charge on any atom is 0.339 e. The topological polar surface area (TPSA) is 98.2 Å². The molecule has 21 heavy (non-hydrogen) atoms. The number of halogens is 1. The third-order valence-electron chi connectivity index (χ3n) is 2.44. The van der Waals surface area contributed by atoms with Gasteiger partial charge in [0.2, 0.25) is 0 Å². The highest BCUT2D eigenvalue weighted by Gasteiger charge is 2.23. The number of hydrogen-bond acceptors (Lipinski definition) is 6. The highest BCUT2D eigenvalue weighted by molar-refractivity contribution is 7.92. The number of hydrogen-bond donors (Lipinski definition) is 1. The van der Waals surface area contributed by atoms with Gasteiger partial charge in [-0.25, -0.2) is 23.2 Å². The van der Waals surface area contributed by atoms with E-state index in [1.165, 1.54) is 43.8 Å². The molecule has 0 spiro atoms. The van der Waals surface area contributed by atoms with Gasteiger partial charge in [-0.15, -0.1) is 0 Å². The first-order valence-corrected chi connectivity index (χ1v) is 7.48. The summed E-state index contributed by atoms with van der Waals surface area (Å²) in [7, 11) is -2.84. The van der Waals surface area contributed by atoms with Crippen molar-refractivity contribution >= 4 is 33.4 Å². The van der Waals surface area contributed by atoms with E-state index in [9.17, 15) is 13.2 Å². The molecular formula is C12H10ClN3O4S. The van der Waals surface area contributed by atoms with Crippen molar-refractivity contribution in [3.8, 4) is 0 Å². The molecule has 1 N–H and O–H groups in total. The minimum Gasteiger partial charge on any atom is -0.465 e. The first-order chi connectivity index (χ1) is 9.94. The fraction of sp³-hybridized carbons (Fsp3) is 0.0833. The Morgan fingerprint density at radius 2 is 1.95 bits per heavy atom. The van der Waals surface area contributed by atoms with Crippen LogP contribution in [0.3, 0.4) is 0 Å². The van der Waals surface area contributed by atoms with Gasteiger partial charge in [0.15, 0.2) is 5.82 Å². The van der Waals surface area contributed by atoms with Gasteiger partial charge in [0.1, 0.15) is 10.0 Å². The molecule has 0 saturated heterocycles. The van der Waals surface area contributed by atoms with Crippen LogP contribution >= 0.6 is 11.6 Å². The summed E-state index contributed by atoms with van der Waals surface area (Å²) >= 11 is 5.57. The lowest BCUT2D eigenvalue weighted by Crippen LogP contribution is -2.18. The fourth-order valence-electron chi connectivity index (χ4n) is 1.54. The van der Waals surface area contributed by atoms with Crippen molar-refractivity contribution < 1.29 is 17.9 Å². The molecule has 0 atom stereocenters. The summed E-state index contributed by atoms with van der Waals surface area (Å²) in [5.74, 6) is -0.766. The second-order valence-electron chi connectivity index (χ2n) is 3.82. The average molecular weight is 328 g/mol. The van der Waals surface area contributed by atoms with Gasteiger partial charge in [-0.2, -0.15) is 0 Å². The smallest absolute Gasteiger partial charge is 0.339 e. The Bertz CT molecular complexity index is 762. The Hall–Kier alpha value is -2.19. The zero-order valence-electron chi connectivity index (χ0n) is 10.8. The van der Waals surface area contributed by atoms with Gasteiger partial charge in [0, 0.05) is 0 Å². The normalized spacial score (nSPS) is 11.0. The van der Waals surface area contributed by atoms with E-state index in [1.54, 1.807) is 0 Å². The Morgan fingerprint density at radius 1 is 1.24 bits per heavy atom. The predicted octanol–water partition coefficient (Wildman–Crippen LogP) is 1.72. The molecule has 1 aromatic carbocycles. The van der Waals surface area contributed by atoms with Gasteiger partial charge in [0.25, 0.3) is 10.0 Å². The monoisotopic (exact) mass is 327 g/mol. The Labute approximate surface area is 126 Å². The Morgan fingerprint density at radius 3 is 2.57 bits per heavy atom. The number of sulfonamides is 1. The number of anilines is 1. The average Bonchev–Trinajstić information content (AvgIpc) is 2.48. The summed E-state index contributed by atoms with van der Waals surface area (Å²) in [6.07, 6.45) is 2.37. The molecule has 0 saturated carbocycles. The molecule has 0 aliphatic rings. The zero-order chi connectivity index (χ0) is 15.5. The molecule has 0 amide bonds. The Balaban J connectivity index is 2.40. The van der Waals surface area contributed by atoms with Crippen molar-refractivity contribution in [3.63, 3.8) is 0 Å². The second-order valence-corrected chi connectivity index (χ2v) is 5.86. The predicted molar refractivity (Wildman–Crippen MR) is 75.6 cm³/mol. The van der Waals surface area contributed by atoms with Crippen molar-refractivity contribution in [2.24, 2.45) is 0 Å². The standard InChI is InChI=1S/C12H10ClN3O4S/c1-20-12(17)8-4-2-3-5-9(8)21(18,19)16-11-7-14-10(13)6-15-11/h2-7H,1H3,(H,15,16). The summed E-state index contributed by atoms with van der Waals surface area (Å²) in [4.78, 5) is 18.9. The quantitative estimate of drug-likeness (QED) is 0.858. The van der Waals surface area contributed by atoms with E-state index in [4.69, 9.17) is 11.6 Å². The van der Waals surface area contributed by atoms with Crippen LogP contribution in [0.15, 0.2) is 41.6 Å². The van der Waals surface area contributed by atoms with Crippen LogP contribution in [0.2, 0.25) is 5.15 Å². The molecule has 1 aromatic heterocycles. The summed E-state index contributed by atoms with van der Waals surface area (Å²) in [6.45, 7) is 0. The van der Waals surface area contributed by atoms with E-state index in [1.807, 2.05) is 0 Å². The van der Waals surface area contributed by atoms with Crippen molar-refractivity contribution in [3.05, 3.63) is 47.4 Å². The number of benzene rings is 1. The first-order valence-electron chi connectivity index (χ1n) is 5.62. The highest BCUT2D eigenvalue weighted by Crippen LogP contribution is 2.19. The van der Waals surface area contributed by atoms with Crippen LogP contribution in [-0.2, 0) is 14.8 Å². The molecule has 0 bridgehead atoms. The number of aromatic nitrogens is 2. The van der Waals surface area contributed by atoms with Crippen molar-refractivity contribution in [1.29, 1.82) is 0 Å². The molecule has 0 aliphatic carbocycles. The summed E-state index contributed by atoms with van der Waals surface area (Å²) in [5, 5.41) is 0.132. The van der Waals surface area contributed by atoms with E-state index in [-0.39, 0.29) is 21.4 Å². The maximum atomic E-state index is 12.3. The van der Waals surface area contributed by atoms with E-state index < -0.39 is 16.0 Å². The van der Waals surface area contributed by atoms with E-state index >= 15 is 0 Å². The fourth-order valence-corrected chi connectivity index (χ4v) is 2.82. The minimum absolute atomic E-state index is 0.0148. The van der Waals surface area contributed by atoms with Crippen LogP contribution < -0.4 is 4.72 Å². The minimum atomic E-state index is -4.01. The zero-order valence-corrected chi connectivity index (χ0v) is 12.4. The molecule has 7 nitrogen and oxygen atoms in total. The van der Waals surface area contributed by atoms with E-state index in [0.717, 1.165) is 0 Å². The molecule has 110 valence electrons. The van der Waals surface area contributed by atoms with Crippen molar-refractivity contribution in [2.45, 2.75) is 4.90 Å². The molecule has 9 heteroatoms. The van der Waals surface area contributed by atoms with E-state index in [2.05, 4.69) is 19.4 Å². The first kappa shape index (κ1) is 15.2. The number of esters is 1. The number of carbonyl (C=O) groups excluding carboxylic acids is 1. The van der Waals surface area contributed by atoms with Crippen LogP contribution in [-0.4, -0.2) is 31.5 Å². The number of methoxy groups -OCH3 is 1. The van der Waals surface area contributed by atoms with Gasteiger partial charge in [-0.3, -0.25) is 4.72 Å². The van der Waals surface area contributed by atoms with Crippen LogP contribution in [0.25, 0.3) is 0 Å². The third-order valence-corrected chi connectivity index (χ3v) is 4.05. The molecule has 2 aromatic rings. The number of nitrogens with one attached hydrogen (secondary N) is 1. The lowest BCUT2D eigenvalue weighted by atomic mass is 10.2. The van der Waals surface area contributed by atoms with Gasteiger partial charge < -0.3 is 4.74 Å². The molecule has 0 aliphatic heterocycles. The molecule has 0 unspecified atom stereocenters. The maximum absolute atomic E-state index is 12.3. The molecular weight excluding hydrogens is 318 g/mol. The summed E-state index contributed by atoms with van der Waals surface area (Å²) in [5.41, 5.74) is -0.0746. The van der Waals surface area contributed by atoms with Gasteiger partial charge in [-0.1, -0.05) is 23.7 Å². The molecule has 1 heterocycles. The number of rotatable bonds is 4. The van der Waals surface area contributed by atoms with Crippen LogP contribution in [0.4, 0.5) is 5.82 Å². The lowest BCUT2D eigenvalue weighted by Gasteiger charge is -2.10. The SMILES string of the molecule is COC(=O)c1ccccc1S(=O)(=O)Nc1cnc(Cl)cn1. The van der Waals surface area contributed by atoms with Crippen molar-refractivity contribution in [2.75, 3.05) is 11.8 Å². The van der Waals surface area contributed by atoms with E-state index in [0.29, 0.717) is 0 Å². The summed E-state index contributed by atoms with van der Waals surface area (Å²) < 4.78 is 31.4. The van der Waals surface area contributed by atoms with Gasteiger partial charge in [0.05, 0.1) is 25.1 Å². The molecule has 2 rings (SSSR count). The van der Waals surface area contributed by atoms with Crippen LogP contribution in [0, 0.1) is 0 Å². The largest absolute Gasteiger partial charge is 0.465 e. The Kier molecular flexibility index (Phi) is 4.39. The summed E-state index contributed by atoms with van der Waals surface area (Å²) in [6, 6.07) is 5.67. The van der Waals surface area contributed by atoms with Crippen LogP contribution in [0.5, 0.6) is 0 Å². The van der Waals surface area contributed by atoms with Gasteiger partial charge in [-0.05, 0) is 12.1 Å². The highest BCUT2D eigenvalue weighted by atomic mass is 35.5. The lowest BCUT2D eigenvalue weighted by molar-refractivity contribution is 0.0596. The number of carbonyl (C=O) groups is 1. The second kappa shape index (κ2) is 6.06. The van der Waals surface area contributed by atoms with Crippen molar-refractivity contribution in [1.82, 2.24) is 9.97 Å². The third kappa shape index (κ3) is 3.47.